The first-order valence-corrected chi connectivity index (χ1v) is 13.4. The van der Waals surface area contributed by atoms with Crippen LogP contribution in [-0.4, -0.2) is 21.0 Å². The summed E-state index contributed by atoms with van der Waals surface area (Å²) >= 11 is 0. The molecule has 0 fully saturated rings. The van der Waals surface area contributed by atoms with Gasteiger partial charge in [0.05, 0.1) is 18.0 Å². The molecule has 35 heavy (non-hydrogen) atoms. The Bertz CT molecular complexity index is 1100. The molecule has 0 saturated heterocycles. The summed E-state index contributed by atoms with van der Waals surface area (Å²) in [6.45, 7) is 11.4. The van der Waals surface area contributed by atoms with Gasteiger partial charge >= 0.3 is 0 Å². The van der Waals surface area contributed by atoms with Crippen molar-refractivity contribution in [3.8, 4) is 5.88 Å². The number of aryl methyl sites for hydroxylation is 1. The Morgan fingerprint density at radius 1 is 1.11 bits per heavy atom. The Balaban J connectivity index is 2.07. The predicted molar refractivity (Wildman–Crippen MR) is 149 cm³/mol. The molecular weight excluding hydrogens is 430 g/mol. The maximum atomic E-state index is 6.43. The molecular formula is C31H43N3O. The molecule has 1 aliphatic rings. The summed E-state index contributed by atoms with van der Waals surface area (Å²) < 4.78 is 8.61. The maximum absolute atomic E-state index is 6.43. The first-order valence-electron chi connectivity index (χ1n) is 13.4. The lowest BCUT2D eigenvalue weighted by Crippen LogP contribution is -2.12. The van der Waals surface area contributed by atoms with Crippen LogP contribution in [0.15, 0.2) is 60.9 Å². The van der Waals surface area contributed by atoms with Gasteiger partial charge in [0.15, 0.2) is 5.65 Å². The highest BCUT2D eigenvalue weighted by Crippen LogP contribution is 2.34. The van der Waals surface area contributed by atoms with Crippen molar-refractivity contribution >= 4 is 11.2 Å². The molecule has 0 bridgehead atoms. The molecule has 3 rings (SSSR count). The van der Waals surface area contributed by atoms with E-state index in [9.17, 15) is 0 Å². The summed E-state index contributed by atoms with van der Waals surface area (Å²) in [4.78, 5) is 10.3. The Morgan fingerprint density at radius 3 is 2.69 bits per heavy atom. The lowest BCUT2D eigenvalue weighted by molar-refractivity contribution is 0.288. The molecule has 4 heteroatoms. The molecule has 188 valence electrons. The Hall–Kier alpha value is -2.88. The van der Waals surface area contributed by atoms with Gasteiger partial charge in [0.2, 0.25) is 5.88 Å². The number of hydrogen-bond donors (Lipinski definition) is 0. The second kappa shape index (κ2) is 13.9. The quantitative estimate of drug-likeness (QED) is 0.168. The van der Waals surface area contributed by atoms with Crippen LogP contribution in [0.5, 0.6) is 5.88 Å². The average Bonchev–Trinajstić information content (AvgIpc) is 3.46. The van der Waals surface area contributed by atoms with E-state index < -0.39 is 0 Å². The van der Waals surface area contributed by atoms with Crippen LogP contribution in [-0.2, 0) is 12.8 Å². The summed E-state index contributed by atoms with van der Waals surface area (Å²) in [6, 6.07) is 0. The molecule has 0 amide bonds. The monoisotopic (exact) mass is 473 g/mol. The van der Waals surface area contributed by atoms with E-state index in [2.05, 4.69) is 73.9 Å². The van der Waals surface area contributed by atoms with Crippen LogP contribution in [0.1, 0.15) is 83.8 Å². The van der Waals surface area contributed by atoms with Crippen molar-refractivity contribution in [3.05, 3.63) is 78.0 Å². The highest BCUT2D eigenvalue weighted by molar-refractivity contribution is 5.64. The van der Waals surface area contributed by atoms with Gasteiger partial charge in [-0.15, -0.1) is 0 Å². The van der Waals surface area contributed by atoms with Crippen LogP contribution in [0.4, 0.5) is 0 Å². The highest BCUT2D eigenvalue weighted by atomic mass is 16.5. The van der Waals surface area contributed by atoms with E-state index in [0.29, 0.717) is 18.4 Å². The minimum absolute atomic E-state index is 0.592. The highest BCUT2D eigenvalue weighted by Gasteiger charge is 2.26. The van der Waals surface area contributed by atoms with Crippen molar-refractivity contribution in [1.29, 1.82) is 0 Å². The SMILES string of the molecule is C/C=C\C=C/CCc1nc(/C(C)=C/C=C\C)cn2c(OCCCC)c(CC3CC=CC3CC)nc12. The standard InChI is InChI=1S/C31H43N3O/c1-6-10-13-14-15-20-27-30-33-28(22-26-19-16-18-25(26)9-4)31(35-21-12-8-3)34(30)23-29(32-27)24(5)17-11-7-2/h6-7,10-11,13-14,16-18,23,25-26H,8-9,12,15,19-22H2,1-5H3/b10-6-,11-7-,14-13-,24-17+. The number of nitrogens with zero attached hydrogens (tertiary/aromatic N) is 3. The van der Waals surface area contributed by atoms with Crippen LogP contribution < -0.4 is 4.74 Å². The summed E-state index contributed by atoms with van der Waals surface area (Å²) in [5, 5.41) is 0. The molecule has 2 aromatic rings. The maximum Gasteiger partial charge on any atom is 0.221 e. The van der Waals surface area contributed by atoms with Gasteiger partial charge < -0.3 is 4.74 Å². The third-order valence-electron chi connectivity index (χ3n) is 6.72. The number of allylic oxidation sites excluding steroid dienone is 10. The summed E-state index contributed by atoms with van der Waals surface area (Å²) in [5.74, 6) is 2.12. The fourth-order valence-corrected chi connectivity index (χ4v) is 4.64. The first kappa shape index (κ1) is 26.7. The van der Waals surface area contributed by atoms with Crippen LogP contribution in [0.2, 0.25) is 0 Å². The second-order valence-corrected chi connectivity index (χ2v) is 9.40. The van der Waals surface area contributed by atoms with Crippen LogP contribution in [0.3, 0.4) is 0 Å². The molecule has 1 aliphatic carbocycles. The van der Waals surface area contributed by atoms with Gasteiger partial charge in [0, 0.05) is 6.20 Å². The molecule has 2 atom stereocenters. The Labute approximate surface area is 212 Å². The molecule has 0 spiro atoms. The normalized spacial score (nSPS) is 18.8. The third kappa shape index (κ3) is 7.06. The van der Waals surface area contributed by atoms with Crippen LogP contribution in [0, 0.1) is 11.8 Å². The number of unbranched alkanes of at least 4 members (excludes halogenated alkanes) is 1. The smallest absolute Gasteiger partial charge is 0.221 e. The van der Waals surface area contributed by atoms with E-state index in [1.165, 1.54) is 6.42 Å². The van der Waals surface area contributed by atoms with Crippen molar-refractivity contribution < 1.29 is 4.74 Å². The van der Waals surface area contributed by atoms with E-state index in [-0.39, 0.29) is 0 Å². The number of hydrogen-bond acceptors (Lipinski definition) is 3. The van der Waals surface area contributed by atoms with Crippen molar-refractivity contribution in [1.82, 2.24) is 14.4 Å². The lowest BCUT2D eigenvalue weighted by atomic mass is 9.89. The molecule has 0 N–H and O–H groups in total. The fourth-order valence-electron chi connectivity index (χ4n) is 4.64. The van der Waals surface area contributed by atoms with Gasteiger partial charge in [-0.2, -0.15) is 0 Å². The van der Waals surface area contributed by atoms with Crippen molar-refractivity contribution in [2.45, 2.75) is 79.6 Å². The molecule has 2 heterocycles. The average molecular weight is 474 g/mol. The van der Waals surface area contributed by atoms with Gasteiger partial charge in [-0.3, -0.25) is 4.40 Å². The predicted octanol–water partition coefficient (Wildman–Crippen LogP) is 8.10. The summed E-state index contributed by atoms with van der Waals surface area (Å²) in [6.07, 6.45) is 28.6. The van der Waals surface area contributed by atoms with Gasteiger partial charge in [0.25, 0.3) is 0 Å². The number of rotatable bonds is 13. The fraction of sp³-hybridized carbons (Fsp3) is 0.484. The Morgan fingerprint density at radius 2 is 1.94 bits per heavy atom. The molecule has 0 aliphatic heterocycles. The second-order valence-electron chi connectivity index (χ2n) is 9.40. The number of fused-ring (bicyclic) bond motifs is 1. The van der Waals surface area contributed by atoms with E-state index in [0.717, 1.165) is 72.7 Å². The van der Waals surface area contributed by atoms with E-state index in [1.54, 1.807) is 0 Å². The number of aromatic nitrogens is 3. The summed E-state index contributed by atoms with van der Waals surface area (Å²) in [5.41, 5.74) is 5.15. The zero-order valence-corrected chi connectivity index (χ0v) is 22.3. The Kier molecular flexibility index (Phi) is 10.6. The third-order valence-corrected chi connectivity index (χ3v) is 6.72. The van der Waals surface area contributed by atoms with E-state index in [4.69, 9.17) is 14.7 Å². The molecule has 4 nitrogen and oxygen atoms in total. The van der Waals surface area contributed by atoms with E-state index in [1.807, 2.05) is 26.0 Å². The van der Waals surface area contributed by atoms with Crippen molar-refractivity contribution in [2.24, 2.45) is 11.8 Å². The molecule has 0 saturated carbocycles. The largest absolute Gasteiger partial charge is 0.477 e. The summed E-state index contributed by atoms with van der Waals surface area (Å²) in [7, 11) is 0. The van der Waals surface area contributed by atoms with E-state index >= 15 is 0 Å². The zero-order chi connectivity index (χ0) is 25.0. The minimum Gasteiger partial charge on any atom is -0.477 e. The van der Waals surface area contributed by atoms with Gasteiger partial charge in [-0.1, -0.05) is 75.0 Å². The molecule has 0 radical (unpaired) electrons. The molecule has 2 unspecified atom stereocenters. The lowest BCUT2D eigenvalue weighted by Gasteiger charge is -2.17. The minimum atomic E-state index is 0.592. The van der Waals surface area contributed by atoms with Crippen LogP contribution >= 0.6 is 0 Å². The molecule has 0 aromatic carbocycles. The van der Waals surface area contributed by atoms with Gasteiger partial charge in [0.1, 0.15) is 5.69 Å². The first-order chi connectivity index (χ1) is 17.1. The molecule has 2 aromatic heterocycles. The van der Waals surface area contributed by atoms with Crippen molar-refractivity contribution in [2.75, 3.05) is 6.61 Å². The number of ether oxygens (including phenoxy) is 1. The van der Waals surface area contributed by atoms with Gasteiger partial charge in [-0.05, 0) is 76.7 Å². The zero-order valence-electron chi connectivity index (χ0n) is 22.3. The van der Waals surface area contributed by atoms with Gasteiger partial charge in [-0.25, -0.2) is 9.97 Å². The van der Waals surface area contributed by atoms with Crippen LogP contribution in [0.25, 0.3) is 11.2 Å². The van der Waals surface area contributed by atoms with Crippen molar-refractivity contribution in [3.63, 3.8) is 0 Å². The number of imidazole rings is 1. The topological polar surface area (TPSA) is 39.4 Å².